The summed E-state index contributed by atoms with van der Waals surface area (Å²) in [6.07, 6.45) is 2.50. The van der Waals surface area contributed by atoms with E-state index in [1.807, 2.05) is 6.92 Å². The first-order valence-corrected chi connectivity index (χ1v) is 7.67. The monoisotopic (exact) mass is 325 g/mol. The first-order valence-electron chi connectivity index (χ1n) is 6.07. The molecule has 1 aromatic carbocycles. The van der Waals surface area contributed by atoms with Gasteiger partial charge in [-0.05, 0) is 24.3 Å². The highest BCUT2D eigenvalue weighted by atomic mass is 35.5. The van der Waals surface area contributed by atoms with Gasteiger partial charge in [0, 0.05) is 12.1 Å². The summed E-state index contributed by atoms with van der Waals surface area (Å²) in [5.41, 5.74) is 0.759. The van der Waals surface area contributed by atoms with Crippen LogP contribution in [0.25, 0.3) is 0 Å². The van der Waals surface area contributed by atoms with Crippen molar-refractivity contribution in [1.82, 2.24) is 9.97 Å². The van der Waals surface area contributed by atoms with Gasteiger partial charge in [0.2, 0.25) is 11.6 Å². The molecule has 2 rings (SSSR count). The van der Waals surface area contributed by atoms with Crippen LogP contribution in [-0.4, -0.2) is 21.1 Å². The largest absolute Gasteiger partial charge is 0.432 e. The van der Waals surface area contributed by atoms with Crippen molar-refractivity contribution in [2.45, 2.75) is 18.5 Å². The molecule has 0 N–H and O–H groups in total. The summed E-state index contributed by atoms with van der Waals surface area (Å²) >= 11 is 7.17. The average Bonchev–Trinajstić information content (AvgIpc) is 2.46. The highest BCUT2D eigenvalue weighted by molar-refractivity contribution is 7.98. The highest BCUT2D eigenvalue weighted by Gasteiger charge is 2.17. The van der Waals surface area contributed by atoms with E-state index in [0.717, 1.165) is 5.56 Å². The molecule has 0 radical (unpaired) electrons. The molecule has 0 saturated carbocycles. The molecule has 0 aliphatic heterocycles. The summed E-state index contributed by atoms with van der Waals surface area (Å²) in [6.45, 7) is 1.93. The summed E-state index contributed by atoms with van der Waals surface area (Å²) in [4.78, 5) is 18.7. The van der Waals surface area contributed by atoms with Crippen LogP contribution in [-0.2, 0) is 6.42 Å². The maximum atomic E-state index is 11.1. The van der Waals surface area contributed by atoms with E-state index in [9.17, 15) is 10.1 Å². The maximum Gasteiger partial charge on any atom is 0.311 e. The molecule has 0 aliphatic rings. The number of aryl methyl sites for hydroxylation is 1. The molecule has 8 heteroatoms. The van der Waals surface area contributed by atoms with Crippen molar-refractivity contribution in [2.24, 2.45) is 0 Å². The van der Waals surface area contributed by atoms with Crippen LogP contribution in [0.5, 0.6) is 11.6 Å². The number of thioether (sulfide) groups is 1. The summed E-state index contributed by atoms with van der Waals surface area (Å²) in [7, 11) is 0. The van der Waals surface area contributed by atoms with E-state index in [1.165, 1.54) is 23.9 Å². The quantitative estimate of drug-likeness (QED) is 0.270. The van der Waals surface area contributed by atoms with E-state index in [4.69, 9.17) is 16.3 Å². The number of rotatable bonds is 5. The zero-order valence-electron chi connectivity index (χ0n) is 11.4. The number of hydrogen-bond donors (Lipinski definition) is 0. The zero-order valence-corrected chi connectivity index (χ0v) is 12.9. The van der Waals surface area contributed by atoms with Gasteiger partial charge in [-0.3, -0.25) is 10.1 Å². The fourth-order valence-electron chi connectivity index (χ4n) is 1.65. The van der Waals surface area contributed by atoms with Gasteiger partial charge >= 0.3 is 5.69 Å². The third-order valence-corrected chi connectivity index (χ3v) is 3.42. The predicted octanol–water partition coefficient (Wildman–Crippen LogP) is 4.11. The van der Waals surface area contributed by atoms with Gasteiger partial charge < -0.3 is 4.74 Å². The minimum absolute atomic E-state index is 0.102. The Hall–Kier alpha value is -1.86. The molecular weight excluding hydrogens is 314 g/mol. The van der Waals surface area contributed by atoms with Crippen LogP contribution in [0.3, 0.4) is 0 Å². The molecule has 0 bridgehead atoms. The molecule has 0 spiro atoms. The number of aromatic nitrogens is 2. The second kappa shape index (κ2) is 6.73. The Labute approximate surface area is 130 Å². The minimum atomic E-state index is -0.479. The molecule has 0 saturated heterocycles. The van der Waals surface area contributed by atoms with E-state index in [0.29, 0.717) is 11.6 Å². The van der Waals surface area contributed by atoms with Crippen LogP contribution in [0.4, 0.5) is 5.69 Å². The number of hydrogen-bond acceptors (Lipinski definition) is 6. The van der Waals surface area contributed by atoms with Gasteiger partial charge in [-0.1, -0.05) is 36.4 Å². The Kier molecular flexibility index (Phi) is 4.98. The van der Waals surface area contributed by atoms with E-state index in [1.54, 1.807) is 18.4 Å². The van der Waals surface area contributed by atoms with E-state index < -0.39 is 4.92 Å². The number of benzene rings is 1. The lowest BCUT2D eigenvalue weighted by molar-refractivity contribution is -0.385. The molecule has 0 aliphatic carbocycles. The van der Waals surface area contributed by atoms with E-state index >= 15 is 0 Å². The lowest BCUT2D eigenvalue weighted by Gasteiger charge is -2.07. The van der Waals surface area contributed by atoms with E-state index in [-0.39, 0.29) is 22.5 Å². The molecule has 1 heterocycles. The Bertz CT molecular complexity index is 682. The highest BCUT2D eigenvalue weighted by Crippen LogP contribution is 2.32. The van der Waals surface area contributed by atoms with Gasteiger partial charge in [-0.15, -0.1) is 0 Å². The number of halogens is 1. The standard InChI is InChI=1S/C13H12ClN3O3S/c1-3-8-4-5-10(9(6-8)17(18)19)20-12-7-11(14)15-13(16-12)21-2/h4-7H,3H2,1-2H3. The van der Waals surface area contributed by atoms with E-state index in [2.05, 4.69) is 9.97 Å². The van der Waals surface area contributed by atoms with Crippen LogP contribution < -0.4 is 4.74 Å². The average molecular weight is 326 g/mol. The Morgan fingerprint density at radius 1 is 1.38 bits per heavy atom. The third kappa shape index (κ3) is 3.83. The molecule has 0 atom stereocenters. The van der Waals surface area contributed by atoms with Gasteiger partial charge in [0.05, 0.1) is 4.92 Å². The first kappa shape index (κ1) is 15.5. The Balaban J connectivity index is 2.39. The number of nitro groups is 1. The summed E-state index contributed by atoms with van der Waals surface area (Å²) < 4.78 is 5.50. The fraction of sp³-hybridized carbons (Fsp3) is 0.231. The van der Waals surface area contributed by atoms with Crippen LogP contribution in [0.2, 0.25) is 5.15 Å². The summed E-state index contributed by atoms with van der Waals surface area (Å²) in [6, 6.07) is 6.25. The first-order chi connectivity index (χ1) is 10.0. The van der Waals surface area contributed by atoms with Crippen molar-refractivity contribution in [1.29, 1.82) is 0 Å². The van der Waals surface area contributed by atoms with Crippen LogP contribution in [0.15, 0.2) is 29.4 Å². The normalized spacial score (nSPS) is 10.4. The Morgan fingerprint density at radius 3 is 2.76 bits per heavy atom. The van der Waals surface area contributed by atoms with Crippen molar-refractivity contribution >= 4 is 29.1 Å². The van der Waals surface area contributed by atoms with Gasteiger partial charge in [-0.25, -0.2) is 4.98 Å². The summed E-state index contributed by atoms with van der Waals surface area (Å²) in [5, 5.41) is 11.8. The zero-order chi connectivity index (χ0) is 15.4. The third-order valence-electron chi connectivity index (χ3n) is 2.68. The van der Waals surface area contributed by atoms with Crippen molar-refractivity contribution in [2.75, 3.05) is 6.26 Å². The van der Waals surface area contributed by atoms with Crippen molar-refractivity contribution in [3.8, 4) is 11.6 Å². The molecule has 110 valence electrons. The topological polar surface area (TPSA) is 78.2 Å². The SMILES string of the molecule is CCc1ccc(Oc2cc(Cl)nc(SC)n2)c([N+](=O)[O-])c1. The van der Waals surface area contributed by atoms with Crippen LogP contribution in [0.1, 0.15) is 12.5 Å². The molecule has 0 fully saturated rings. The van der Waals surface area contributed by atoms with Crippen LogP contribution in [0, 0.1) is 10.1 Å². The number of ether oxygens (including phenoxy) is 1. The van der Waals surface area contributed by atoms with Gasteiger partial charge in [0.25, 0.3) is 0 Å². The van der Waals surface area contributed by atoms with Gasteiger partial charge in [0.1, 0.15) is 5.15 Å². The lowest BCUT2D eigenvalue weighted by Crippen LogP contribution is -1.97. The van der Waals surface area contributed by atoms with Crippen molar-refractivity contribution in [3.05, 3.63) is 45.1 Å². The smallest absolute Gasteiger partial charge is 0.311 e. The second-order valence-corrected chi connectivity index (χ2v) is 5.19. The fourth-order valence-corrected chi connectivity index (χ4v) is 2.24. The lowest BCUT2D eigenvalue weighted by atomic mass is 10.1. The second-order valence-electron chi connectivity index (χ2n) is 4.03. The molecular formula is C13H12ClN3O3S. The van der Waals surface area contributed by atoms with Gasteiger partial charge in [-0.2, -0.15) is 4.98 Å². The van der Waals surface area contributed by atoms with Crippen molar-refractivity contribution in [3.63, 3.8) is 0 Å². The molecule has 1 aromatic heterocycles. The summed E-state index contributed by atoms with van der Waals surface area (Å²) in [5.74, 6) is 0.297. The maximum absolute atomic E-state index is 11.1. The van der Waals surface area contributed by atoms with Gasteiger partial charge in [0.15, 0.2) is 5.16 Å². The predicted molar refractivity (Wildman–Crippen MR) is 81.4 cm³/mol. The number of nitrogens with zero attached hydrogens (tertiary/aromatic N) is 3. The van der Waals surface area contributed by atoms with Crippen molar-refractivity contribution < 1.29 is 9.66 Å². The molecule has 2 aromatic rings. The molecule has 21 heavy (non-hydrogen) atoms. The Morgan fingerprint density at radius 2 is 2.14 bits per heavy atom. The van der Waals surface area contributed by atoms with Crippen LogP contribution >= 0.6 is 23.4 Å². The number of nitro benzene ring substituents is 1. The molecule has 0 unspecified atom stereocenters. The molecule has 6 nitrogen and oxygen atoms in total. The molecule has 0 amide bonds. The minimum Gasteiger partial charge on any atom is -0.432 e.